The fraction of sp³-hybridized carbons (Fsp3) is 0.316. The summed E-state index contributed by atoms with van der Waals surface area (Å²) in [6, 6.07) is 2.10. The molecule has 3 aromatic heterocycles. The summed E-state index contributed by atoms with van der Waals surface area (Å²) in [5.41, 5.74) is 5.85. The molecule has 24 heavy (non-hydrogen) atoms. The van der Waals surface area contributed by atoms with E-state index in [1.807, 2.05) is 24.8 Å². The van der Waals surface area contributed by atoms with Gasteiger partial charge in [0, 0.05) is 48.2 Å². The monoisotopic (exact) mass is 319 g/mol. The minimum Gasteiger partial charge on any atom is -0.354 e. The van der Waals surface area contributed by atoms with Gasteiger partial charge in [-0.15, -0.1) is 0 Å². The molecular weight excluding hydrogens is 298 g/mol. The Hall–Kier alpha value is -2.69. The molecule has 0 aromatic carbocycles. The molecule has 3 heterocycles. The molecule has 0 saturated heterocycles. The lowest BCUT2D eigenvalue weighted by Gasteiger charge is -2.10. The smallest absolute Gasteiger partial charge is 0.224 e. The molecule has 2 N–H and O–H groups in total. The Morgan fingerprint density at radius 1 is 1.29 bits per heavy atom. The molecule has 5 nitrogen and oxygen atoms in total. The van der Waals surface area contributed by atoms with Crippen LogP contribution >= 0.6 is 0 Å². The van der Waals surface area contributed by atoms with Crippen LogP contribution in [0.15, 0.2) is 30.9 Å². The lowest BCUT2D eigenvalue weighted by molar-refractivity contribution is 0.685. The minimum atomic E-state index is 0.348. The Balaban J connectivity index is 1.69. The van der Waals surface area contributed by atoms with Crippen LogP contribution in [0.25, 0.3) is 22.7 Å². The van der Waals surface area contributed by atoms with Crippen LogP contribution in [0.5, 0.6) is 0 Å². The summed E-state index contributed by atoms with van der Waals surface area (Å²) in [6.45, 7) is 7.43. The van der Waals surface area contributed by atoms with Crippen molar-refractivity contribution in [2.45, 2.75) is 26.7 Å². The number of hydrogen-bond donors (Lipinski definition) is 2. The Labute approximate surface area is 141 Å². The van der Waals surface area contributed by atoms with E-state index >= 15 is 0 Å². The van der Waals surface area contributed by atoms with Crippen molar-refractivity contribution in [2.75, 3.05) is 11.9 Å². The van der Waals surface area contributed by atoms with Crippen molar-refractivity contribution in [3.8, 4) is 0 Å². The molecule has 3 aromatic rings. The molecule has 4 rings (SSSR count). The van der Waals surface area contributed by atoms with Crippen molar-refractivity contribution >= 4 is 28.6 Å². The van der Waals surface area contributed by atoms with Crippen LogP contribution in [0, 0.1) is 5.92 Å². The molecule has 1 atom stereocenters. The van der Waals surface area contributed by atoms with Crippen LogP contribution in [0.4, 0.5) is 5.95 Å². The van der Waals surface area contributed by atoms with Crippen LogP contribution in [-0.4, -0.2) is 26.5 Å². The van der Waals surface area contributed by atoms with Crippen molar-refractivity contribution in [1.29, 1.82) is 0 Å². The molecule has 1 aliphatic rings. The maximum atomic E-state index is 4.60. The topological polar surface area (TPSA) is 66.5 Å². The van der Waals surface area contributed by atoms with Crippen LogP contribution < -0.4 is 5.32 Å². The van der Waals surface area contributed by atoms with Crippen LogP contribution in [0.3, 0.4) is 0 Å². The second kappa shape index (κ2) is 5.74. The first-order chi connectivity index (χ1) is 11.6. The molecule has 0 saturated carbocycles. The summed E-state index contributed by atoms with van der Waals surface area (Å²) in [4.78, 5) is 16.6. The maximum Gasteiger partial charge on any atom is 0.224 e. The third kappa shape index (κ3) is 2.46. The molecule has 1 aliphatic carbocycles. The van der Waals surface area contributed by atoms with Gasteiger partial charge in [0.05, 0.1) is 0 Å². The van der Waals surface area contributed by atoms with Gasteiger partial charge in [0.15, 0.2) is 0 Å². The number of H-pyrrole nitrogens is 1. The number of aromatic nitrogens is 4. The van der Waals surface area contributed by atoms with Crippen molar-refractivity contribution in [1.82, 2.24) is 19.9 Å². The highest BCUT2D eigenvalue weighted by Gasteiger charge is 2.24. The summed E-state index contributed by atoms with van der Waals surface area (Å²) < 4.78 is 0. The quantitative estimate of drug-likeness (QED) is 0.760. The summed E-state index contributed by atoms with van der Waals surface area (Å²) >= 11 is 0. The lowest BCUT2D eigenvalue weighted by Crippen LogP contribution is -2.10. The molecule has 0 bridgehead atoms. The molecule has 5 heteroatoms. The number of rotatable bonds is 4. The molecule has 0 amide bonds. The zero-order valence-electron chi connectivity index (χ0n) is 14.2. The predicted molar refractivity (Wildman–Crippen MR) is 97.7 cm³/mol. The molecule has 0 spiro atoms. The number of hydrogen-bond acceptors (Lipinski definition) is 4. The highest BCUT2D eigenvalue weighted by molar-refractivity contribution is 6.00. The average Bonchev–Trinajstić information content (AvgIpc) is 3.14. The third-order valence-corrected chi connectivity index (χ3v) is 4.54. The van der Waals surface area contributed by atoms with E-state index in [1.165, 1.54) is 22.3 Å². The van der Waals surface area contributed by atoms with Gasteiger partial charge in [0.1, 0.15) is 5.65 Å². The fourth-order valence-electron chi connectivity index (χ4n) is 3.23. The number of aromatic amines is 1. The van der Waals surface area contributed by atoms with E-state index in [1.54, 1.807) is 0 Å². The molecule has 0 radical (unpaired) electrons. The number of fused-ring (bicyclic) bond motifs is 2. The van der Waals surface area contributed by atoms with E-state index in [0.29, 0.717) is 17.8 Å². The summed E-state index contributed by atoms with van der Waals surface area (Å²) in [5, 5.41) is 4.33. The van der Waals surface area contributed by atoms with Crippen molar-refractivity contribution < 1.29 is 0 Å². The number of pyridine rings is 1. The lowest BCUT2D eigenvalue weighted by atomic mass is 9.94. The average molecular weight is 319 g/mol. The summed E-state index contributed by atoms with van der Waals surface area (Å²) in [5.74, 6) is 1.58. The van der Waals surface area contributed by atoms with Gasteiger partial charge in [-0.25, -0.2) is 4.98 Å². The largest absolute Gasteiger partial charge is 0.354 e. The second-order valence-corrected chi connectivity index (χ2v) is 6.76. The standard InChI is InChI=1S/C19H21N5/c1-11(2)7-22-19-23-10-17-16(9-21-18(17)24-19)15-6-13-8-20-5-4-14(13)12(15)3/h4-6,8-12H,7H2,1-3H3,(H2,21,22,23,24). The van der Waals surface area contributed by atoms with Gasteiger partial charge in [0.2, 0.25) is 5.95 Å². The Morgan fingerprint density at radius 2 is 2.17 bits per heavy atom. The van der Waals surface area contributed by atoms with Gasteiger partial charge in [-0.3, -0.25) is 4.98 Å². The van der Waals surface area contributed by atoms with Gasteiger partial charge < -0.3 is 10.3 Å². The van der Waals surface area contributed by atoms with Gasteiger partial charge in [0.25, 0.3) is 0 Å². The first-order valence-corrected chi connectivity index (χ1v) is 8.37. The van der Waals surface area contributed by atoms with E-state index in [-0.39, 0.29) is 0 Å². The van der Waals surface area contributed by atoms with E-state index < -0.39 is 0 Å². The normalized spacial score (nSPS) is 16.5. The molecule has 0 fully saturated rings. The molecule has 122 valence electrons. The predicted octanol–water partition coefficient (Wildman–Crippen LogP) is 4.08. The van der Waals surface area contributed by atoms with Gasteiger partial charge in [-0.2, -0.15) is 4.98 Å². The van der Waals surface area contributed by atoms with E-state index in [9.17, 15) is 0 Å². The van der Waals surface area contributed by atoms with Crippen LogP contribution in [-0.2, 0) is 0 Å². The zero-order valence-corrected chi connectivity index (χ0v) is 14.2. The summed E-state index contributed by atoms with van der Waals surface area (Å²) in [7, 11) is 0. The van der Waals surface area contributed by atoms with Crippen LogP contribution in [0.2, 0.25) is 0 Å². The first kappa shape index (κ1) is 14.9. The van der Waals surface area contributed by atoms with Gasteiger partial charge in [-0.05, 0) is 34.8 Å². The Kier molecular flexibility index (Phi) is 3.56. The van der Waals surface area contributed by atoms with Crippen molar-refractivity contribution in [3.63, 3.8) is 0 Å². The molecule has 1 unspecified atom stereocenters. The minimum absolute atomic E-state index is 0.348. The summed E-state index contributed by atoms with van der Waals surface area (Å²) in [6.07, 6.45) is 9.95. The highest BCUT2D eigenvalue weighted by atomic mass is 15.1. The number of anilines is 1. The SMILES string of the molecule is CC(C)CNc1ncc2c(C3=Cc4cnccc4C3C)c[nH]c2n1. The maximum absolute atomic E-state index is 4.60. The molecular formula is C19H21N5. The third-order valence-electron chi connectivity index (χ3n) is 4.54. The number of nitrogens with one attached hydrogen (secondary N) is 2. The van der Waals surface area contributed by atoms with E-state index in [4.69, 9.17) is 0 Å². The van der Waals surface area contributed by atoms with Crippen molar-refractivity contribution in [3.05, 3.63) is 47.5 Å². The number of nitrogens with zero attached hydrogens (tertiary/aromatic N) is 3. The highest BCUT2D eigenvalue weighted by Crippen LogP contribution is 2.42. The first-order valence-electron chi connectivity index (χ1n) is 8.37. The van der Waals surface area contributed by atoms with Gasteiger partial charge in [-0.1, -0.05) is 20.8 Å². The van der Waals surface area contributed by atoms with E-state index in [0.717, 1.165) is 17.6 Å². The second-order valence-electron chi connectivity index (χ2n) is 6.76. The Bertz CT molecular complexity index is 922. The fourth-order valence-corrected chi connectivity index (χ4v) is 3.23. The molecule has 0 aliphatic heterocycles. The zero-order chi connectivity index (χ0) is 16.7. The van der Waals surface area contributed by atoms with Gasteiger partial charge >= 0.3 is 0 Å². The van der Waals surface area contributed by atoms with Crippen molar-refractivity contribution in [2.24, 2.45) is 5.92 Å². The van der Waals surface area contributed by atoms with E-state index in [2.05, 4.69) is 58.2 Å². The van der Waals surface area contributed by atoms with Crippen LogP contribution in [0.1, 0.15) is 43.4 Å². The Morgan fingerprint density at radius 3 is 2.96 bits per heavy atom. The number of allylic oxidation sites excluding steroid dienone is 1.